The van der Waals surface area contributed by atoms with Gasteiger partial charge < -0.3 is 20.4 Å². The molecule has 1 fully saturated rings. The number of likely N-dealkylation sites (tertiary alicyclic amines) is 1. The maximum atomic E-state index is 12.8. The molecule has 3 N–H and O–H groups in total. The fourth-order valence-electron chi connectivity index (χ4n) is 3.97. The number of carbonyl (C=O) groups is 1. The van der Waals surface area contributed by atoms with Crippen LogP contribution in [-0.2, 0) is 0 Å². The minimum absolute atomic E-state index is 0. The van der Waals surface area contributed by atoms with Crippen molar-refractivity contribution in [3.63, 3.8) is 0 Å². The van der Waals surface area contributed by atoms with E-state index in [1.165, 1.54) is 6.42 Å². The highest BCUT2D eigenvalue weighted by Crippen LogP contribution is 2.42. The van der Waals surface area contributed by atoms with Crippen LogP contribution in [0, 0.1) is 5.92 Å². The number of fused-ring (bicyclic) bond motifs is 1. The quantitative estimate of drug-likeness (QED) is 0.867. The predicted molar refractivity (Wildman–Crippen MR) is 99.5 cm³/mol. The first kappa shape index (κ1) is 16.2. The summed E-state index contributed by atoms with van der Waals surface area (Å²) in [6, 6.07) is 9.63. The van der Waals surface area contributed by atoms with Gasteiger partial charge in [0.05, 0.1) is 12.3 Å². The van der Waals surface area contributed by atoms with E-state index in [4.69, 9.17) is 10.2 Å². The molecule has 0 aliphatic carbocycles. The third-order valence-electron chi connectivity index (χ3n) is 5.55. The van der Waals surface area contributed by atoms with Crippen LogP contribution >= 0.6 is 0 Å². The van der Waals surface area contributed by atoms with Gasteiger partial charge in [0.15, 0.2) is 0 Å². The molecule has 1 saturated heterocycles. The van der Waals surface area contributed by atoms with Crippen molar-refractivity contribution in [3.05, 3.63) is 53.5 Å². The number of carbonyl (C=O) groups excluding carboxylic acids is 1. The molecule has 0 bridgehead atoms. The van der Waals surface area contributed by atoms with E-state index < -0.39 is 0 Å². The van der Waals surface area contributed by atoms with Crippen LogP contribution in [0.5, 0.6) is 0 Å². The third-order valence-corrected chi connectivity index (χ3v) is 5.55. The van der Waals surface area contributed by atoms with Crippen molar-refractivity contribution < 1.29 is 10.6 Å². The first-order chi connectivity index (χ1) is 12.1. The van der Waals surface area contributed by atoms with E-state index in [9.17, 15) is 4.79 Å². The van der Waals surface area contributed by atoms with Crippen LogP contribution in [-0.4, -0.2) is 23.9 Å². The maximum absolute atomic E-state index is 12.8. The second kappa shape index (κ2) is 6.56. The van der Waals surface area contributed by atoms with Gasteiger partial charge in [-0.05, 0) is 55.2 Å². The molecule has 2 aliphatic rings. The first-order valence-electron chi connectivity index (χ1n) is 9.14. The number of piperidine rings is 1. The van der Waals surface area contributed by atoms with Crippen molar-refractivity contribution >= 4 is 11.6 Å². The predicted octanol–water partition coefficient (Wildman–Crippen LogP) is 3.95. The Kier molecular flexibility index (Phi) is 4.25. The van der Waals surface area contributed by atoms with Crippen molar-refractivity contribution in [3.8, 4) is 0 Å². The molecule has 0 radical (unpaired) electrons. The molecule has 3 heterocycles. The topological polar surface area (TPSA) is 71.5 Å². The molecule has 5 nitrogen and oxygen atoms in total. The lowest BCUT2D eigenvalue weighted by Gasteiger charge is -2.36. The molecule has 5 heteroatoms. The lowest BCUT2D eigenvalue weighted by Crippen LogP contribution is -2.37. The Morgan fingerprint density at radius 1 is 1.28 bits per heavy atom. The zero-order valence-corrected chi connectivity index (χ0v) is 14.6. The largest absolute Gasteiger partial charge is 0.467 e. The minimum atomic E-state index is -0.138. The van der Waals surface area contributed by atoms with Gasteiger partial charge in [0.1, 0.15) is 5.76 Å². The van der Waals surface area contributed by atoms with Crippen molar-refractivity contribution in [2.45, 2.75) is 38.3 Å². The van der Waals surface area contributed by atoms with E-state index in [-0.39, 0.29) is 25.3 Å². The van der Waals surface area contributed by atoms with Gasteiger partial charge in [-0.3, -0.25) is 4.79 Å². The van der Waals surface area contributed by atoms with E-state index in [1.54, 1.807) is 6.26 Å². The highest BCUT2D eigenvalue weighted by molar-refractivity contribution is 5.95. The number of anilines is 1. The summed E-state index contributed by atoms with van der Waals surface area (Å²) in [7, 11) is 0. The fourth-order valence-corrected chi connectivity index (χ4v) is 3.97. The Balaban J connectivity index is 0.00000196. The van der Waals surface area contributed by atoms with Crippen LogP contribution in [0.2, 0.25) is 0 Å². The number of hydrogen-bond donors (Lipinski definition) is 2. The van der Waals surface area contributed by atoms with Gasteiger partial charge in [0.2, 0.25) is 0 Å². The van der Waals surface area contributed by atoms with Crippen LogP contribution in [0.4, 0.5) is 5.69 Å². The Morgan fingerprint density at radius 2 is 2.08 bits per heavy atom. The highest BCUT2D eigenvalue weighted by atomic mass is 16.3. The van der Waals surface area contributed by atoms with Gasteiger partial charge in [-0.2, -0.15) is 0 Å². The molecule has 2 aliphatic heterocycles. The number of rotatable bonds is 2. The fraction of sp³-hybridized carbons (Fsp3) is 0.450. The molecule has 1 unspecified atom stereocenters. The maximum Gasteiger partial charge on any atom is 0.253 e. The molecule has 1 aromatic heterocycles. The summed E-state index contributed by atoms with van der Waals surface area (Å²) in [6.45, 7) is 3.83. The summed E-state index contributed by atoms with van der Waals surface area (Å²) in [5, 5.41) is 3.53. The highest BCUT2D eigenvalue weighted by Gasteiger charge is 2.34. The molecule has 1 aromatic carbocycles. The average molecular weight is 341 g/mol. The number of nitrogens with two attached hydrogens (primary N) is 1. The molecular formula is C20H27N3O2. The summed E-state index contributed by atoms with van der Waals surface area (Å²) < 4.78 is 5.57. The van der Waals surface area contributed by atoms with E-state index in [1.807, 2.05) is 35.2 Å². The van der Waals surface area contributed by atoms with Crippen LogP contribution in [0.1, 0.15) is 61.4 Å². The molecule has 2 aromatic rings. The lowest BCUT2D eigenvalue weighted by molar-refractivity contribution is 0.0724. The van der Waals surface area contributed by atoms with Crippen LogP contribution < -0.4 is 11.1 Å². The van der Waals surface area contributed by atoms with Crippen LogP contribution in [0.15, 0.2) is 41.0 Å². The number of furan rings is 1. The van der Waals surface area contributed by atoms with Crippen molar-refractivity contribution in [1.29, 1.82) is 0 Å². The zero-order chi connectivity index (χ0) is 17.4. The van der Waals surface area contributed by atoms with E-state index in [2.05, 4.69) is 12.2 Å². The van der Waals surface area contributed by atoms with Crippen LogP contribution in [0.25, 0.3) is 0 Å². The summed E-state index contributed by atoms with van der Waals surface area (Å²) in [5.74, 6) is 1.18. The van der Waals surface area contributed by atoms with Crippen molar-refractivity contribution in [1.82, 2.24) is 4.90 Å². The van der Waals surface area contributed by atoms with E-state index in [0.717, 1.165) is 48.5 Å². The standard InChI is InChI=1S/C20H25N3O2.H2/c1-13-18(21)15-12-14(20(24)23-9-3-2-4-10-23)7-8-16(15)22-19(13)17-6-5-11-25-17;/h5-8,11-13,18-19,22H,2-4,9-10,21H2,1H3;1H/t13-,18+,19?;/m1./s1. The molecule has 25 heavy (non-hydrogen) atoms. The normalized spacial score (nSPS) is 26.0. The number of amides is 1. The Bertz CT molecular complexity index is 756. The Hall–Kier alpha value is -2.27. The Labute approximate surface area is 149 Å². The van der Waals surface area contributed by atoms with Gasteiger partial charge in [0, 0.05) is 37.7 Å². The molecule has 4 rings (SSSR count). The van der Waals surface area contributed by atoms with E-state index in [0.29, 0.717) is 0 Å². The minimum Gasteiger partial charge on any atom is -0.467 e. The van der Waals surface area contributed by atoms with Crippen molar-refractivity contribution in [2.24, 2.45) is 11.7 Å². The monoisotopic (exact) mass is 341 g/mol. The van der Waals surface area contributed by atoms with Gasteiger partial charge in [-0.25, -0.2) is 0 Å². The summed E-state index contributed by atoms with van der Waals surface area (Å²) in [5.41, 5.74) is 9.27. The second-order valence-corrected chi connectivity index (χ2v) is 7.18. The molecule has 1 amide bonds. The van der Waals surface area contributed by atoms with Gasteiger partial charge in [0.25, 0.3) is 5.91 Å². The number of nitrogens with zero attached hydrogens (tertiary/aromatic N) is 1. The third kappa shape index (κ3) is 2.93. The van der Waals surface area contributed by atoms with Gasteiger partial charge in [-0.1, -0.05) is 6.92 Å². The van der Waals surface area contributed by atoms with E-state index >= 15 is 0 Å². The first-order valence-corrected chi connectivity index (χ1v) is 9.14. The molecular weight excluding hydrogens is 314 g/mol. The van der Waals surface area contributed by atoms with Gasteiger partial charge >= 0.3 is 0 Å². The summed E-state index contributed by atoms with van der Waals surface area (Å²) in [4.78, 5) is 14.7. The number of hydrogen-bond acceptors (Lipinski definition) is 4. The lowest BCUT2D eigenvalue weighted by atomic mass is 9.82. The molecule has 0 spiro atoms. The van der Waals surface area contributed by atoms with Gasteiger partial charge in [-0.15, -0.1) is 0 Å². The Morgan fingerprint density at radius 3 is 2.80 bits per heavy atom. The zero-order valence-electron chi connectivity index (χ0n) is 14.6. The number of benzene rings is 1. The molecule has 3 atom stereocenters. The van der Waals surface area contributed by atoms with Crippen LogP contribution in [0.3, 0.4) is 0 Å². The SMILES string of the molecule is C[C@H]1C(c2ccco2)Nc2ccc(C(=O)N3CCCCC3)cc2[C@H]1N.[HH]. The number of nitrogens with one attached hydrogen (secondary N) is 1. The average Bonchev–Trinajstić information content (AvgIpc) is 3.19. The smallest absolute Gasteiger partial charge is 0.253 e. The summed E-state index contributed by atoms with van der Waals surface area (Å²) >= 11 is 0. The summed E-state index contributed by atoms with van der Waals surface area (Å²) in [6.07, 6.45) is 5.10. The second-order valence-electron chi connectivity index (χ2n) is 7.18. The van der Waals surface area contributed by atoms with Crippen molar-refractivity contribution in [2.75, 3.05) is 18.4 Å². The molecule has 134 valence electrons. The molecule has 0 saturated carbocycles.